The van der Waals surface area contributed by atoms with Gasteiger partial charge in [0, 0.05) is 7.11 Å². The van der Waals surface area contributed by atoms with Crippen molar-refractivity contribution in [3.05, 3.63) is 0 Å². The average molecular weight is 206 g/mol. The number of hydrogen-bond acceptors (Lipinski definition) is 6. The van der Waals surface area contributed by atoms with Gasteiger partial charge in [0.05, 0.1) is 12.1 Å². The van der Waals surface area contributed by atoms with Gasteiger partial charge in [0.15, 0.2) is 6.29 Å². The van der Waals surface area contributed by atoms with Crippen LogP contribution in [0.25, 0.3) is 0 Å². The number of aliphatic hydroxyl groups is 4. The van der Waals surface area contributed by atoms with E-state index in [1.807, 2.05) is 0 Å². The van der Waals surface area contributed by atoms with Crippen molar-refractivity contribution in [2.45, 2.75) is 30.1 Å². The Kier molecular flexibility index (Phi) is 3.51. The Labute approximate surface area is 82.5 Å². The molecule has 7 heteroatoms. The Morgan fingerprint density at radius 1 is 1.43 bits per heavy atom. The van der Waals surface area contributed by atoms with Crippen LogP contribution in [-0.4, -0.2) is 72.1 Å². The topological polar surface area (TPSA) is 99.4 Å². The SMILES string of the molecule is BC1(O)[C@H](O)C(CO)OC(OC)[C@H]1O. The van der Waals surface area contributed by atoms with E-state index in [9.17, 15) is 15.3 Å². The molecule has 0 saturated carbocycles. The monoisotopic (exact) mass is 206 g/mol. The molecule has 0 radical (unpaired) electrons. The van der Waals surface area contributed by atoms with Crippen LogP contribution in [0.15, 0.2) is 0 Å². The maximum Gasteiger partial charge on any atom is 0.185 e. The molecule has 1 fully saturated rings. The van der Waals surface area contributed by atoms with E-state index in [4.69, 9.17) is 14.6 Å². The predicted octanol–water partition coefficient (Wildman–Crippen LogP) is -3.61. The molecule has 0 aromatic carbocycles. The smallest absolute Gasteiger partial charge is 0.185 e. The molecule has 1 rings (SSSR count). The van der Waals surface area contributed by atoms with E-state index in [-0.39, 0.29) is 0 Å². The molecule has 3 unspecified atom stereocenters. The third kappa shape index (κ3) is 1.79. The minimum Gasteiger partial charge on any atom is -0.394 e. The zero-order valence-corrected chi connectivity index (χ0v) is 8.12. The summed E-state index contributed by atoms with van der Waals surface area (Å²) in [7, 11) is 2.57. The van der Waals surface area contributed by atoms with Gasteiger partial charge in [0.1, 0.15) is 26.2 Å². The second kappa shape index (κ2) is 4.14. The molecule has 14 heavy (non-hydrogen) atoms. The van der Waals surface area contributed by atoms with Crippen molar-refractivity contribution < 1.29 is 29.9 Å². The van der Waals surface area contributed by atoms with Crippen molar-refractivity contribution >= 4 is 7.85 Å². The summed E-state index contributed by atoms with van der Waals surface area (Å²) in [6.07, 6.45) is -4.72. The molecule has 0 amide bonds. The standard InChI is InChI=1S/C7H15BO6/c1-13-6-5(11)7(8,12)4(10)3(2-9)14-6/h3-6,9-12H,2,8H2,1H3/t3?,4-,5-,6?,7?/m1/s1. The lowest BCUT2D eigenvalue weighted by atomic mass is 9.69. The van der Waals surface area contributed by atoms with E-state index >= 15 is 0 Å². The predicted molar refractivity (Wildman–Crippen MR) is 48.3 cm³/mol. The Morgan fingerprint density at radius 3 is 2.43 bits per heavy atom. The van der Waals surface area contributed by atoms with Crippen molar-refractivity contribution in [3.8, 4) is 0 Å². The van der Waals surface area contributed by atoms with Crippen molar-refractivity contribution in [1.29, 1.82) is 0 Å². The summed E-state index contributed by atoms with van der Waals surface area (Å²) in [5.41, 5.74) is -1.76. The molecule has 0 bridgehead atoms. The lowest BCUT2D eigenvalue weighted by Gasteiger charge is -2.45. The van der Waals surface area contributed by atoms with Gasteiger partial charge in [-0.15, -0.1) is 0 Å². The van der Waals surface area contributed by atoms with Crippen molar-refractivity contribution in [2.24, 2.45) is 0 Å². The highest BCUT2D eigenvalue weighted by molar-refractivity contribution is 6.15. The molecule has 1 saturated heterocycles. The van der Waals surface area contributed by atoms with Crippen molar-refractivity contribution in [3.63, 3.8) is 0 Å². The minimum absolute atomic E-state index is 0.454. The highest BCUT2D eigenvalue weighted by Gasteiger charge is 2.51. The van der Waals surface area contributed by atoms with E-state index in [2.05, 4.69) is 0 Å². The van der Waals surface area contributed by atoms with Gasteiger partial charge < -0.3 is 29.9 Å². The zero-order valence-electron chi connectivity index (χ0n) is 8.12. The van der Waals surface area contributed by atoms with Crippen LogP contribution in [0.3, 0.4) is 0 Å². The first kappa shape index (κ1) is 11.9. The lowest BCUT2D eigenvalue weighted by Crippen LogP contribution is -2.67. The summed E-state index contributed by atoms with van der Waals surface area (Å²) in [5, 5.41) is 37.7. The molecular weight excluding hydrogens is 191 g/mol. The fraction of sp³-hybridized carbons (Fsp3) is 1.00. The Hall–Kier alpha value is -0.175. The third-order valence-corrected chi connectivity index (χ3v) is 2.53. The average Bonchev–Trinajstić information content (AvgIpc) is 2.16. The molecular formula is C7H15BO6. The van der Waals surface area contributed by atoms with Gasteiger partial charge in [-0.05, 0) is 0 Å². The van der Waals surface area contributed by atoms with Gasteiger partial charge in [-0.2, -0.15) is 0 Å². The molecule has 6 nitrogen and oxygen atoms in total. The van der Waals surface area contributed by atoms with Gasteiger partial charge in [-0.25, -0.2) is 0 Å². The van der Waals surface area contributed by atoms with E-state index in [0.29, 0.717) is 0 Å². The molecule has 1 aliphatic rings. The molecule has 0 aromatic rings. The molecule has 0 aliphatic carbocycles. The number of hydrogen-bond donors (Lipinski definition) is 4. The minimum atomic E-state index is -1.76. The van der Waals surface area contributed by atoms with E-state index in [0.717, 1.165) is 0 Å². The summed E-state index contributed by atoms with van der Waals surface area (Å²) in [5.74, 6) is 0. The fourth-order valence-corrected chi connectivity index (χ4v) is 1.48. The molecule has 82 valence electrons. The van der Waals surface area contributed by atoms with Crippen molar-refractivity contribution in [2.75, 3.05) is 13.7 Å². The maximum atomic E-state index is 9.74. The van der Waals surface area contributed by atoms with Gasteiger partial charge in [-0.3, -0.25) is 0 Å². The fourth-order valence-electron chi connectivity index (χ4n) is 1.48. The van der Waals surface area contributed by atoms with E-state index in [1.54, 1.807) is 0 Å². The summed E-state index contributed by atoms with van der Waals surface area (Å²) in [6, 6.07) is 0. The van der Waals surface area contributed by atoms with Crippen LogP contribution in [0.5, 0.6) is 0 Å². The molecule has 4 N–H and O–H groups in total. The summed E-state index contributed by atoms with van der Waals surface area (Å²) in [4.78, 5) is 0. The highest BCUT2D eigenvalue weighted by Crippen LogP contribution is 2.27. The zero-order chi connectivity index (χ0) is 10.9. The second-order valence-corrected chi connectivity index (χ2v) is 3.58. The summed E-state index contributed by atoms with van der Waals surface area (Å²) >= 11 is 0. The molecule has 1 heterocycles. The quantitative estimate of drug-likeness (QED) is 0.348. The van der Waals surface area contributed by atoms with Crippen LogP contribution in [0.2, 0.25) is 0 Å². The van der Waals surface area contributed by atoms with Crippen LogP contribution in [0, 0.1) is 0 Å². The normalized spacial score (nSPS) is 49.2. The van der Waals surface area contributed by atoms with E-state index in [1.165, 1.54) is 15.0 Å². The number of aliphatic hydroxyl groups excluding tert-OH is 3. The van der Waals surface area contributed by atoms with Gasteiger partial charge >= 0.3 is 0 Å². The van der Waals surface area contributed by atoms with Crippen LogP contribution in [0.4, 0.5) is 0 Å². The van der Waals surface area contributed by atoms with Crippen molar-refractivity contribution in [1.82, 2.24) is 0 Å². The largest absolute Gasteiger partial charge is 0.394 e. The molecule has 0 aromatic heterocycles. The van der Waals surface area contributed by atoms with E-state index < -0.39 is 36.7 Å². The van der Waals surface area contributed by atoms with Crippen LogP contribution < -0.4 is 0 Å². The maximum absolute atomic E-state index is 9.74. The first-order valence-electron chi connectivity index (χ1n) is 4.32. The second-order valence-electron chi connectivity index (χ2n) is 3.58. The number of rotatable bonds is 2. The Bertz CT molecular complexity index is 181. The van der Waals surface area contributed by atoms with Gasteiger partial charge in [0.2, 0.25) is 0 Å². The van der Waals surface area contributed by atoms with Crippen LogP contribution >= 0.6 is 0 Å². The van der Waals surface area contributed by atoms with Gasteiger partial charge in [-0.1, -0.05) is 0 Å². The lowest BCUT2D eigenvalue weighted by molar-refractivity contribution is -0.306. The molecule has 5 atom stereocenters. The van der Waals surface area contributed by atoms with Crippen LogP contribution in [0.1, 0.15) is 0 Å². The first-order valence-corrected chi connectivity index (χ1v) is 4.32. The first-order chi connectivity index (χ1) is 6.45. The number of methoxy groups -OCH3 is 1. The Morgan fingerprint density at radius 2 is 2.00 bits per heavy atom. The highest BCUT2D eigenvalue weighted by atomic mass is 16.7. The number of ether oxygens (including phenoxy) is 2. The summed E-state index contributed by atoms with van der Waals surface area (Å²) in [6.45, 7) is -0.454. The molecule has 1 aliphatic heterocycles. The van der Waals surface area contributed by atoms with Gasteiger partial charge in [0.25, 0.3) is 0 Å². The molecule has 0 spiro atoms. The van der Waals surface area contributed by atoms with Crippen LogP contribution in [-0.2, 0) is 9.47 Å². The Balaban J connectivity index is 2.84. The third-order valence-electron chi connectivity index (χ3n) is 2.53. The summed E-state index contributed by atoms with van der Waals surface area (Å²) < 4.78 is 9.78.